The van der Waals surface area contributed by atoms with E-state index >= 15 is 0 Å². The Morgan fingerprint density at radius 1 is 1.40 bits per heavy atom. The molecule has 0 aromatic heterocycles. The molecule has 1 heterocycles. The van der Waals surface area contributed by atoms with Gasteiger partial charge in [0, 0.05) is 27.1 Å². The number of carbonyl (C=O) groups is 2. The molecule has 1 fully saturated rings. The molecular weight excluding hydrogens is 256 g/mol. The minimum absolute atomic E-state index is 0.00487. The predicted octanol–water partition coefficient (Wildman–Crippen LogP) is 1.53. The first-order valence-corrected chi connectivity index (χ1v) is 6.78. The SMILES string of the molecule is CCOc1ccccc1N1CC(C(=O)N(C)C)CC1=O. The van der Waals surface area contributed by atoms with Gasteiger partial charge < -0.3 is 14.5 Å². The van der Waals surface area contributed by atoms with Crippen LogP contribution in [0.3, 0.4) is 0 Å². The lowest BCUT2D eigenvalue weighted by Gasteiger charge is -2.20. The minimum atomic E-state index is -0.271. The quantitative estimate of drug-likeness (QED) is 0.838. The summed E-state index contributed by atoms with van der Waals surface area (Å²) < 4.78 is 5.55. The summed E-state index contributed by atoms with van der Waals surface area (Å²) in [4.78, 5) is 27.3. The molecule has 0 aliphatic carbocycles. The van der Waals surface area contributed by atoms with Gasteiger partial charge in [-0.1, -0.05) is 12.1 Å². The number of para-hydroxylation sites is 2. The average Bonchev–Trinajstić information content (AvgIpc) is 2.80. The van der Waals surface area contributed by atoms with Gasteiger partial charge in [0.1, 0.15) is 5.75 Å². The average molecular weight is 276 g/mol. The summed E-state index contributed by atoms with van der Waals surface area (Å²) in [6.45, 7) is 2.86. The first kappa shape index (κ1) is 14.4. The molecular formula is C15H20N2O3. The van der Waals surface area contributed by atoms with Crippen LogP contribution in [0, 0.1) is 5.92 Å². The molecule has 0 radical (unpaired) electrons. The van der Waals surface area contributed by atoms with E-state index in [1.54, 1.807) is 19.0 Å². The van der Waals surface area contributed by atoms with Crippen LogP contribution in [-0.4, -0.2) is 44.0 Å². The fourth-order valence-electron chi connectivity index (χ4n) is 2.43. The van der Waals surface area contributed by atoms with Crippen molar-refractivity contribution in [1.82, 2.24) is 4.90 Å². The molecule has 0 bridgehead atoms. The fraction of sp³-hybridized carbons (Fsp3) is 0.467. The number of hydrogen-bond donors (Lipinski definition) is 0. The zero-order chi connectivity index (χ0) is 14.7. The Morgan fingerprint density at radius 3 is 2.75 bits per heavy atom. The highest BCUT2D eigenvalue weighted by atomic mass is 16.5. The molecule has 108 valence electrons. The van der Waals surface area contributed by atoms with Crippen LogP contribution >= 0.6 is 0 Å². The van der Waals surface area contributed by atoms with Crippen LogP contribution in [0.1, 0.15) is 13.3 Å². The van der Waals surface area contributed by atoms with Crippen molar-refractivity contribution < 1.29 is 14.3 Å². The first-order chi connectivity index (χ1) is 9.54. The van der Waals surface area contributed by atoms with Gasteiger partial charge in [-0.25, -0.2) is 0 Å². The molecule has 1 atom stereocenters. The zero-order valence-corrected chi connectivity index (χ0v) is 12.1. The molecule has 1 aliphatic heterocycles. The summed E-state index contributed by atoms with van der Waals surface area (Å²) in [6.07, 6.45) is 0.261. The van der Waals surface area contributed by atoms with Crippen LogP contribution in [0.5, 0.6) is 5.75 Å². The van der Waals surface area contributed by atoms with Crippen molar-refractivity contribution >= 4 is 17.5 Å². The summed E-state index contributed by atoms with van der Waals surface area (Å²) in [5.41, 5.74) is 0.744. The topological polar surface area (TPSA) is 49.9 Å². The van der Waals surface area contributed by atoms with Crippen molar-refractivity contribution in [2.24, 2.45) is 5.92 Å². The normalized spacial score (nSPS) is 18.2. The van der Waals surface area contributed by atoms with E-state index in [2.05, 4.69) is 0 Å². The Morgan fingerprint density at radius 2 is 2.10 bits per heavy atom. The Labute approximate surface area is 119 Å². The maximum Gasteiger partial charge on any atom is 0.227 e. The predicted molar refractivity (Wildman–Crippen MR) is 76.8 cm³/mol. The monoisotopic (exact) mass is 276 g/mol. The molecule has 0 spiro atoms. The third-order valence-corrected chi connectivity index (χ3v) is 3.37. The van der Waals surface area contributed by atoms with Crippen molar-refractivity contribution in [1.29, 1.82) is 0 Å². The van der Waals surface area contributed by atoms with Crippen molar-refractivity contribution in [3.8, 4) is 5.75 Å². The fourth-order valence-corrected chi connectivity index (χ4v) is 2.43. The molecule has 2 rings (SSSR count). The number of benzene rings is 1. The minimum Gasteiger partial charge on any atom is -0.492 e. The van der Waals surface area contributed by atoms with Crippen molar-refractivity contribution in [3.63, 3.8) is 0 Å². The second-order valence-corrected chi connectivity index (χ2v) is 5.04. The van der Waals surface area contributed by atoms with Gasteiger partial charge in [-0.3, -0.25) is 9.59 Å². The van der Waals surface area contributed by atoms with Gasteiger partial charge in [-0.2, -0.15) is 0 Å². The van der Waals surface area contributed by atoms with E-state index in [1.807, 2.05) is 31.2 Å². The van der Waals surface area contributed by atoms with Crippen molar-refractivity contribution in [3.05, 3.63) is 24.3 Å². The highest BCUT2D eigenvalue weighted by Gasteiger charge is 2.36. The second-order valence-electron chi connectivity index (χ2n) is 5.04. The molecule has 0 N–H and O–H groups in total. The number of amides is 2. The number of carbonyl (C=O) groups excluding carboxylic acids is 2. The molecule has 20 heavy (non-hydrogen) atoms. The van der Waals surface area contributed by atoms with Crippen LogP contribution in [-0.2, 0) is 9.59 Å². The number of hydrogen-bond acceptors (Lipinski definition) is 3. The lowest BCUT2D eigenvalue weighted by Crippen LogP contribution is -2.32. The van der Waals surface area contributed by atoms with Gasteiger partial charge in [-0.05, 0) is 19.1 Å². The summed E-state index contributed by atoms with van der Waals surface area (Å²) >= 11 is 0. The molecule has 5 heteroatoms. The zero-order valence-electron chi connectivity index (χ0n) is 12.1. The third-order valence-electron chi connectivity index (χ3n) is 3.37. The maximum absolute atomic E-state index is 12.2. The second kappa shape index (κ2) is 5.94. The first-order valence-electron chi connectivity index (χ1n) is 6.78. The number of ether oxygens (including phenoxy) is 1. The van der Waals surface area contributed by atoms with Gasteiger partial charge in [0.2, 0.25) is 11.8 Å². The van der Waals surface area contributed by atoms with Crippen LogP contribution in [0.2, 0.25) is 0 Å². The molecule has 1 aromatic rings. The Balaban J connectivity index is 2.22. The van der Waals surface area contributed by atoms with E-state index in [-0.39, 0.29) is 24.2 Å². The van der Waals surface area contributed by atoms with E-state index in [0.717, 1.165) is 5.69 Å². The van der Waals surface area contributed by atoms with E-state index in [9.17, 15) is 9.59 Å². The molecule has 0 saturated carbocycles. The van der Waals surface area contributed by atoms with Gasteiger partial charge in [0.25, 0.3) is 0 Å². The van der Waals surface area contributed by atoms with Crippen LogP contribution < -0.4 is 9.64 Å². The summed E-state index contributed by atoms with van der Waals surface area (Å²) in [5.74, 6) is 0.376. The number of nitrogens with zero attached hydrogens (tertiary/aromatic N) is 2. The van der Waals surface area contributed by atoms with Gasteiger partial charge in [0.05, 0.1) is 18.2 Å². The van der Waals surface area contributed by atoms with Crippen LogP contribution in [0.4, 0.5) is 5.69 Å². The molecule has 1 unspecified atom stereocenters. The summed E-state index contributed by atoms with van der Waals surface area (Å²) in [5, 5.41) is 0. The summed E-state index contributed by atoms with van der Waals surface area (Å²) in [7, 11) is 3.42. The molecule has 1 aromatic carbocycles. The summed E-state index contributed by atoms with van der Waals surface area (Å²) in [6, 6.07) is 7.43. The van der Waals surface area contributed by atoms with Gasteiger partial charge in [-0.15, -0.1) is 0 Å². The number of anilines is 1. The lowest BCUT2D eigenvalue weighted by molar-refractivity contribution is -0.133. The van der Waals surface area contributed by atoms with Crippen LogP contribution in [0.15, 0.2) is 24.3 Å². The van der Waals surface area contributed by atoms with E-state index in [4.69, 9.17) is 4.74 Å². The highest BCUT2D eigenvalue weighted by molar-refractivity contribution is 6.01. The Hall–Kier alpha value is -2.04. The van der Waals surface area contributed by atoms with Gasteiger partial charge >= 0.3 is 0 Å². The number of rotatable bonds is 4. The standard InChI is InChI=1S/C15H20N2O3/c1-4-20-13-8-6-5-7-12(13)17-10-11(9-14(17)18)15(19)16(2)3/h5-8,11H,4,9-10H2,1-3H3. The molecule has 5 nitrogen and oxygen atoms in total. The lowest BCUT2D eigenvalue weighted by atomic mass is 10.1. The van der Waals surface area contributed by atoms with Crippen molar-refractivity contribution in [2.45, 2.75) is 13.3 Å². The maximum atomic E-state index is 12.2. The van der Waals surface area contributed by atoms with E-state index in [0.29, 0.717) is 18.9 Å². The highest BCUT2D eigenvalue weighted by Crippen LogP contribution is 2.33. The molecule has 1 aliphatic rings. The Bertz CT molecular complexity index is 514. The van der Waals surface area contributed by atoms with Gasteiger partial charge in [0.15, 0.2) is 0 Å². The smallest absolute Gasteiger partial charge is 0.227 e. The Kier molecular flexibility index (Phi) is 4.27. The molecule has 2 amide bonds. The van der Waals surface area contributed by atoms with Crippen LogP contribution in [0.25, 0.3) is 0 Å². The van der Waals surface area contributed by atoms with E-state index in [1.165, 1.54) is 4.90 Å². The third kappa shape index (κ3) is 2.76. The van der Waals surface area contributed by atoms with E-state index < -0.39 is 0 Å². The largest absolute Gasteiger partial charge is 0.492 e. The molecule has 1 saturated heterocycles. The van der Waals surface area contributed by atoms with Crippen molar-refractivity contribution in [2.75, 3.05) is 32.1 Å².